The number of carbonyl (C=O) groups excluding carboxylic acids is 1. The Kier molecular flexibility index (Phi) is 3.70. The number of pyridine rings is 1. The lowest BCUT2D eigenvalue weighted by molar-refractivity contribution is -0.110. The molecule has 0 atom stereocenters. The fraction of sp³-hybridized carbons (Fsp3) is 0.130. The van der Waals surface area contributed by atoms with Gasteiger partial charge in [-0.05, 0) is 61.4 Å². The smallest absolute Gasteiger partial charge is 0.207 e. The molecule has 8 heteroatoms. The average molecular weight is 412 g/mol. The van der Waals surface area contributed by atoms with Crippen LogP contribution < -0.4 is 5.32 Å². The van der Waals surface area contributed by atoms with Gasteiger partial charge >= 0.3 is 0 Å². The number of nitrogens with one attached hydrogen (secondary N) is 1. The second-order valence-corrected chi connectivity index (χ2v) is 7.74. The Hall–Kier alpha value is -4.07. The number of carbonyl (C=O) groups is 1. The van der Waals surface area contributed by atoms with E-state index in [4.69, 9.17) is 10.1 Å². The van der Waals surface area contributed by atoms with E-state index in [1.165, 1.54) is 12.1 Å². The summed E-state index contributed by atoms with van der Waals surface area (Å²) < 4.78 is 17.2. The molecule has 1 aliphatic carbocycles. The van der Waals surface area contributed by atoms with Crippen LogP contribution in [0.1, 0.15) is 18.5 Å². The number of imidazole rings is 2. The molecule has 0 unspecified atom stereocenters. The normalized spacial score (nSPS) is 14.7. The van der Waals surface area contributed by atoms with Gasteiger partial charge < -0.3 is 5.32 Å². The highest BCUT2D eigenvalue weighted by Crippen LogP contribution is 2.44. The molecular formula is C23H17FN6O. The molecule has 5 aromatic rings. The van der Waals surface area contributed by atoms with E-state index < -0.39 is 0 Å². The monoisotopic (exact) mass is 412 g/mol. The van der Waals surface area contributed by atoms with Crippen LogP contribution in [0.25, 0.3) is 33.9 Å². The lowest BCUT2D eigenvalue weighted by Gasteiger charge is -2.09. The van der Waals surface area contributed by atoms with Gasteiger partial charge in [-0.15, -0.1) is 0 Å². The second kappa shape index (κ2) is 6.46. The molecule has 0 bridgehead atoms. The highest BCUT2D eigenvalue weighted by atomic mass is 19.1. The Morgan fingerprint density at radius 3 is 2.61 bits per heavy atom. The summed E-state index contributed by atoms with van der Waals surface area (Å²) in [6.45, 7) is 0. The van der Waals surface area contributed by atoms with Crippen LogP contribution in [0.4, 0.5) is 4.39 Å². The Morgan fingerprint density at radius 2 is 1.84 bits per heavy atom. The Balaban J connectivity index is 1.53. The summed E-state index contributed by atoms with van der Waals surface area (Å²) in [5.74, 6) is -0.294. The van der Waals surface area contributed by atoms with Crippen molar-refractivity contribution in [2.75, 3.05) is 0 Å². The van der Waals surface area contributed by atoms with Gasteiger partial charge in [0.1, 0.15) is 22.9 Å². The minimum Gasteiger partial charge on any atom is -0.348 e. The number of benzene rings is 1. The number of nitrogens with zero attached hydrogens (tertiary/aromatic N) is 5. The lowest BCUT2D eigenvalue weighted by Crippen LogP contribution is -2.27. The molecular weight excluding hydrogens is 395 g/mol. The molecule has 1 saturated carbocycles. The zero-order chi connectivity index (χ0) is 21.0. The largest absolute Gasteiger partial charge is 0.348 e. The third kappa shape index (κ3) is 2.79. The van der Waals surface area contributed by atoms with Crippen molar-refractivity contribution in [1.29, 1.82) is 0 Å². The van der Waals surface area contributed by atoms with Crippen molar-refractivity contribution in [2.24, 2.45) is 0 Å². The summed E-state index contributed by atoms with van der Waals surface area (Å²) in [5.41, 5.74) is 4.96. The van der Waals surface area contributed by atoms with Gasteiger partial charge in [0.15, 0.2) is 5.65 Å². The topological polar surface area (TPSA) is 76.6 Å². The third-order valence-corrected chi connectivity index (χ3v) is 5.79. The van der Waals surface area contributed by atoms with Crippen LogP contribution in [0.3, 0.4) is 0 Å². The summed E-state index contributed by atoms with van der Waals surface area (Å²) >= 11 is 0. The maximum Gasteiger partial charge on any atom is 0.207 e. The van der Waals surface area contributed by atoms with Crippen molar-refractivity contribution in [3.63, 3.8) is 0 Å². The molecule has 31 heavy (non-hydrogen) atoms. The molecule has 1 fully saturated rings. The lowest BCUT2D eigenvalue weighted by atomic mass is 10.1. The van der Waals surface area contributed by atoms with Crippen molar-refractivity contribution in [1.82, 2.24) is 29.3 Å². The number of hydrogen-bond donors (Lipinski definition) is 1. The van der Waals surface area contributed by atoms with Crippen molar-refractivity contribution in [3.8, 4) is 22.6 Å². The van der Waals surface area contributed by atoms with E-state index in [2.05, 4.69) is 10.3 Å². The maximum atomic E-state index is 13.5. The van der Waals surface area contributed by atoms with E-state index in [1.807, 2.05) is 47.1 Å². The second-order valence-electron chi connectivity index (χ2n) is 7.74. The molecule has 0 spiro atoms. The molecule has 7 nitrogen and oxygen atoms in total. The molecule has 1 N–H and O–H groups in total. The first kappa shape index (κ1) is 17.8. The summed E-state index contributed by atoms with van der Waals surface area (Å²) in [4.78, 5) is 20.4. The van der Waals surface area contributed by atoms with E-state index in [0.29, 0.717) is 11.3 Å². The molecule has 0 radical (unpaired) electrons. The van der Waals surface area contributed by atoms with Gasteiger partial charge in [0, 0.05) is 11.8 Å². The molecule has 4 heterocycles. The van der Waals surface area contributed by atoms with E-state index in [0.717, 1.165) is 47.5 Å². The number of rotatable bonds is 5. The van der Waals surface area contributed by atoms with Gasteiger partial charge in [-0.2, -0.15) is 5.10 Å². The van der Waals surface area contributed by atoms with Crippen LogP contribution in [0.5, 0.6) is 0 Å². The zero-order valence-corrected chi connectivity index (χ0v) is 16.4. The Labute approximate surface area is 176 Å². The summed E-state index contributed by atoms with van der Waals surface area (Å²) in [7, 11) is 0. The van der Waals surface area contributed by atoms with Gasteiger partial charge in [0.25, 0.3) is 0 Å². The summed E-state index contributed by atoms with van der Waals surface area (Å²) in [5, 5.41) is 7.68. The van der Waals surface area contributed by atoms with Crippen LogP contribution in [-0.4, -0.2) is 30.4 Å². The van der Waals surface area contributed by atoms with E-state index in [-0.39, 0.29) is 11.4 Å². The molecule has 0 saturated heterocycles. The first-order valence-electron chi connectivity index (χ1n) is 9.99. The molecule has 4 aromatic heterocycles. The molecule has 152 valence electrons. The van der Waals surface area contributed by atoms with E-state index >= 15 is 0 Å². The van der Waals surface area contributed by atoms with Crippen LogP contribution in [0.15, 0.2) is 67.0 Å². The number of hydrogen-bond acceptors (Lipinski definition) is 4. The van der Waals surface area contributed by atoms with Crippen molar-refractivity contribution >= 4 is 17.7 Å². The van der Waals surface area contributed by atoms with Gasteiger partial charge in [-0.3, -0.25) is 9.20 Å². The number of fused-ring (bicyclic) bond motifs is 2. The van der Waals surface area contributed by atoms with Gasteiger partial charge in [-0.25, -0.2) is 18.9 Å². The Morgan fingerprint density at radius 1 is 1.00 bits per heavy atom. The minimum atomic E-state index is -0.377. The van der Waals surface area contributed by atoms with Crippen LogP contribution in [0.2, 0.25) is 0 Å². The fourth-order valence-electron chi connectivity index (χ4n) is 4.00. The van der Waals surface area contributed by atoms with Crippen LogP contribution in [-0.2, 0) is 10.3 Å². The Bertz CT molecular complexity index is 1450. The van der Waals surface area contributed by atoms with Gasteiger partial charge in [-0.1, -0.05) is 6.07 Å². The first-order chi connectivity index (χ1) is 15.2. The minimum absolute atomic E-state index is 0.294. The SMILES string of the molecule is O=CNC1(c2cn3nc(-c4c(-c5ccc(F)cc5)nc5ccccn45)ccc3n2)CC1. The van der Waals surface area contributed by atoms with E-state index in [9.17, 15) is 9.18 Å². The predicted octanol–water partition coefficient (Wildman–Crippen LogP) is 3.59. The quantitative estimate of drug-likeness (QED) is 0.448. The number of aromatic nitrogens is 5. The predicted molar refractivity (Wildman–Crippen MR) is 113 cm³/mol. The average Bonchev–Trinajstić information content (AvgIpc) is 3.28. The van der Waals surface area contributed by atoms with Crippen molar-refractivity contribution in [2.45, 2.75) is 18.4 Å². The zero-order valence-electron chi connectivity index (χ0n) is 16.4. The maximum absolute atomic E-state index is 13.5. The molecule has 1 aliphatic rings. The summed E-state index contributed by atoms with van der Waals surface area (Å²) in [6, 6.07) is 15.9. The number of halogens is 1. The summed E-state index contributed by atoms with van der Waals surface area (Å²) in [6.07, 6.45) is 6.25. The molecule has 1 amide bonds. The van der Waals surface area contributed by atoms with Crippen molar-refractivity contribution < 1.29 is 9.18 Å². The van der Waals surface area contributed by atoms with Gasteiger partial charge in [0.2, 0.25) is 6.41 Å². The van der Waals surface area contributed by atoms with Crippen LogP contribution in [0, 0.1) is 5.82 Å². The van der Waals surface area contributed by atoms with Crippen LogP contribution >= 0.6 is 0 Å². The first-order valence-corrected chi connectivity index (χ1v) is 9.99. The molecule has 0 aliphatic heterocycles. The number of amides is 1. The molecule has 1 aromatic carbocycles. The van der Waals surface area contributed by atoms with Gasteiger partial charge in [0.05, 0.1) is 23.1 Å². The van der Waals surface area contributed by atoms with E-state index in [1.54, 1.807) is 16.6 Å². The van der Waals surface area contributed by atoms with Crippen molar-refractivity contribution in [3.05, 3.63) is 78.5 Å². The third-order valence-electron chi connectivity index (χ3n) is 5.79. The standard InChI is InChI=1S/C23H17FN6O/c24-16-6-4-15(5-7-16)21-22(29-12-2-1-3-19(29)27-21)17-8-9-20-26-18(13-30(20)28-17)23(10-11-23)25-14-31/h1-9,12-14H,10-11H2,(H,25,31). The highest BCUT2D eigenvalue weighted by Gasteiger charge is 2.46. The highest BCUT2D eigenvalue weighted by molar-refractivity contribution is 5.80. The molecule has 6 rings (SSSR count). The fourth-order valence-corrected chi connectivity index (χ4v) is 4.00.